The number of β-amino-alcohol motifs (C(OH)–C–C–N with tert-alkyl or cyclic N) is 1. The summed E-state index contributed by atoms with van der Waals surface area (Å²) >= 11 is 0. The molecule has 2 unspecified atom stereocenters. The Labute approximate surface area is 129 Å². The van der Waals surface area contributed by atoms with E-state index in [1.165, 1.54) is 11.3 Å². The number of fused-ring (bicyclic) bond motifs is 1. The van der Waals surface area contributed by atoms with E-state index in [0.717, 1.165) is 25.9 Å². The summed E-state index contributed by atoms with van der Waals surface area (Å²) < 4.78 is 0. The smallest absolute Gasteiger partial charge is 0.0816 e. The summed E-state index contributed by atoms with van der Waals surface area (Å²) in [6.07, 6.45) is 2.31. The van der Waals surface area contributed by atoms with Crippen molar-refractivity contribution in [3.8, 4) is 0 Å². The summed E-state index contributed by atoms with van der Waals surface area (Å²) in [5, 5.41) is 14.3. The lowest BCUT2D eigenvalue weighted by atomic mass is 9.91. The van der Waals surface area contributed by atoms with Gasteiger partial charge in [0.2, 0.25) is 0 Å². The highest BCUT2D eigenvalue weighted by molar-refractivity contribution is 5.56. The molecule has 1 heterocycles. The number of benzene rings is 1. The van der Waals surface area contributed by atoms with Crippen LogP contribution in [0.15, 0.2) is 24.3 Å². The van der Waals surface area contributed by atoms with Crippen LogP contribution in [-0.2, 0) is 0 Å². The maximum absolute atomic E-state index is 10.7. The average Bonchev–Trinajstić information content (AvgIpc) is 2.60. The van der Waals surface area contributed by atoms with Crippen LogP contribution in [0.5, 0.6) is 0 Å². The highest BCUT2D eigenvalue weighted by Crippen LogP contribution is 2.34. The standard InChI is InChI=1S/C18H30N2O/c1-5-19-16-10-8-12-20(13-18(4,21)14(2)3)17-11-7-6-9-15(16)17/h6-7,9,11,14,16,19,21H,5,8,10,12-13H2,1-4H3. The van der Waals surface area contributed by atoms with E-state index < -0.39 is 5.60 Å². The van der Waals surface area contributed by atoms with E-state index in [4.69, 9.17) is 0 Å². The zero-order valence-electron chi connectivity index (χ0n) is 13.9. The van der Waals surface area contributed by atoms with Crippen LogP contribution in [0.2, 0.25) is 0 Å². The summed E-state index contributed by atoms with van der Waals surface area (Å²) in [6.45, 7) is 11.0. The summed E-state index contributed by atoms with van der Waals surface area (Å²) in [4.78, 5) is 2.37. The third kappa shape index (κ3) is 3.78. The summed E-state index contributed by atoms with van der Waals surface area (Å²) in [6, 6.07) is 9.07. The Bertz CT molecular complexity index is 456. The number of aliphatic hydroxyl groups is 1. The first-order valence-corrected chi connectivity index (χ1v) is 8.25. The summed E-state index contributed by atoms with van der Waals surface area (Å²) in [5.74, 6) is 0.248. The van der Waals surface area contributed by atoms with Crippen molar-refractivity contribution in [3.05, 3.63) is 29.8 Å². The van der Waals surface area contributed by atoms with Crippen LogP contribution in [0.25, 0.3) is 0 Å². The fourth-order valence-corrected chi connectivity index (χ4v) is 3.02. The Morgan fingerprint density at radius 2 is 2.10 bits per heavy atom. The fourth-order valence-electron chi connectivity index (χ4n) is 3.02. The molecule has 118 valence electrons. The predicted octanol–water partition coefficient (Wildman–Crippen LogP) is 3.34. The molecule has 2 rings (SSSR count). The molecule has 21 heavy (non-hydrogen) atoms. The predicted molar refractivity (Wildman–Crippen MR) is 89.8 cm³/mol. The van der Waals surface area contributed by atoms with Gasteiger partial charge < -0.3 is 15.3 Å². The molecule has 0 aliphatic carbocycles. The van der Waals surface area contributed by atoms with Crippen LogP contribution in [-0.4, -0.2) is 30.3 Å². The SMILES string of the molecule is CCNC1CCCN(CC(C)(O)C(C)C)c2ccccc21. The van der Waals surface area contributed by atoms with Crippen LogP contribution in [0.1, 0.15) is 52.1 Å². The number of anilines is 1. The van der Waals surface area contributed by atoms with Gasteiger partial charge in [-0.15, -0.1) is 0 Å². The molecule has 2 N–H and O–H groups in total. The molecule has 0 bridgehead atoms. The topological polar surface area (TPSA) is 35.5 Å². The third-order valence-corrected chi connectivity index (χ3v) is 4.78. The molecule has 0 saturated heterocycles. The van der Waals surface area contributed by atoms with E-state index >= 15 is 0 Å². The lowest BCUT2D eigenvalue weighted by Crippen LogP contribution is -2.45. The molecule has 0 saturated carbocycles. The minimum absolute atomic E-state index is 0.248. The molecule has 1 aromatic rings. The van der Waals surface area contributed by atoms with Gasteiger partial charge >= 0.3 is 0 Å². The van der Waals surface area contributed by atoms with Gasteiger partial charge in [0.25, 0.3) is 0 Å². The lowest BCUT2D eigenvalue weighted by molar-refractivity contribution is 0.0206. The summed E-state index contributed by atoms with van der Waals surface area (Å²) in [7, 11) is 0. The molecule has 0 spiro atoms. The molecular weight excluding hydrogens is 260 g/mol. The average molecular weight is 290 g/mol. The van der Waals surface area contributed by atoms with Crippen LogP contribution >= 0.6 is 0 Å². The zero-order chi connectivity index (χ0) is 15.5. The molecule has 0 radical (unpaired) electrons. The third-order valence-electron chi connectivity index (χ3n) is 4.78. The van der Waals surface area contributed by atoms with Crippen LogP contribution in [0.3, 0.4) is 0 Å². The largest absolute Gasteiger partial charge is 0.388 e. The molecule has 1 aliphatic heterocycles. The molecule has 3 nitrogen and oxygen atoms in total. The van der Waals surface area contributed by atoms with Crippen molar-refractivity contribution in [1.82, 2.24) is 5.32 Å². The van der Waals surface area contributed by atoms with E-state index in [-0.39, 0.29) is 5.92 Å². The van der Waals surface area contributed by atoms with Gasteiger partial charge in [-0.1, -0.05) is 39.0 Å². The van der Waals surface area contributed by atoms with Crippen LogP contribution < -0.4 is 10.2 Å². The first-order valence-electron chi connectivity index (χ1n) is 8.25. The van der Waals surface area contributed by atoms with Crippen molar-refractivity contribution in [2.45, 2.75) is 52.2 Å². The van der Waals surface area contributed by atoms with Gasteiger partial charge in [-0.3, -0.25) is 0 Å². The molecular formula is C18H30N2O. The normalized spacial score (nSPS) is 21.8. The Morgan fingerprint density at radius 1 is 1.38 bits per heavy atom. The molecule has 0 aromatic heterocycles. The maximum Gasteiger partial charge on any atom is 0.0816 e. The molecule has 1 aromatic carbocycles. The molecule has 3 heteroatoms. The van der Waals surface area contributed by atoms with E-state index in [1.807, 2.05) is 6.92 Å². The monoisotopic (exact) mass is 290 g/mol. The van der Waals surface area contributed by atoms with Gasteiger partial charge in [0.1, 0.15) is 0 Å². The number of para-hydroxylation sites is 1. The lowest BCUT2D eigenvalue weighted by Gasteiger charge is -2.36. The fraction of sp³-hybridized carbons (Fsp3) is 0.667. The maximum atomic E-state index is 10.7. The van der Waals surface area contributed by atoms with Crippen LogP contribution in [0.4, 0.5) is 5.69 Å². The quantitative estimate of drug-likeness (QED) is 0.873. The Morgan fingerprint density at radius 3 is 2.76 bits per heavy atom. The first kappa shape index (κ1) is 16.3. The van der Waals surface area contributed by atoms with E-state index in [0.29, 0.717) is 12.6 Å². The van der Waals surface area contributed by atoms with Gasteiger partial charge in [-0.2, -0.15) is 0 Å². The number of nitrogens with zero attached hydrogens (tertiary/aromatic N) is 1. The second kappa shape index (κ2) is 6.80. The summed E-state index contributed by atoms with van der Waals surface area (Å²) in [5.41, 5.74) is 1.99. The highest BCUT2D eigenvalue weighted by Gasteiger charge is 2.30. The number of nitrogens with one attached hydrogen (secondary N) is 1. The molecule has 0 amide bonds. The molecule has 1 aliphatic rings. The van der Waals surface area contributed by atoms with Gasteiger partial charge in [-0.25, -0.2) is 0 Å². The van der Waals surface area contributed by atoms with Crippen molar-refractivity contribution in [3.63, 3.8) is 0 Å². The second-order valence-corrected chi connectivity index (χ2v) is 6.74. The van der Waals surface area contributed by atoms with E-state index in [2.05, 4.69) is 55.3 Å². The van der Waals surface area contributed by atoms with Gasteiger partial charge in [0, 0.05) is 24.8 Å². The van der Waals surface area contributed by atoms with Gasteiger partial charge in [-0.05, 0) is 43.9 Å². The minimum atomic E-state index is -0.662. The van der Waals surface area contributed by atoms with E-state index in [1.54, 1.807) is 0 Å². The Hall–Kier alpha value is -1.06. The van der Waals surface area contributed by atoms with Crippen molar-refractivity contribution < 1.29 is 5.11 Å². The van der Waals surface area contributed by atoms with Crippen molar-refractivity contribution in [2.75, 3.05) is 24.5 Å². The van der Waals surface area contributed by atoms with Gasteiger partial charge in [0.05, 0.1) is 5.60 Å². The van der Waals surface area contributed by atoms with E-state index in [9.17, 15) is 5.11 Å². The Balaban J connectivity index is 2.29. The van der Waals surface area contributed by atoms with Gasteiger partial charge in [0.15, 0.2) is 0 Å². The van der Waals surface area contributed by atoms with Crippen molar-refractivity contribution >= 4 is 5.69 Å². The van der Waals surface area contributed by atoms with Crippen molar-refractivity contribution in [2.24, 2.45) is 5.92 Å². The highest BCUT2D eigenvalue weighted by atomic mass is 16.3. The molecule has 0 fully saturated rings. The number of hydrogen-bond donors (Lipinski definition) is 2. The molecule has 2 atom stereocenters. The van der Waals surface area contributed by atoms with Crippen LogP contribution in [0, 0.1) is 5.92 Å². The Kier molecular flexibility index (Phi) is 5.28. The van der Waals surface area contributed by atoms with Crippen molar-refractivity contribution in [1.29, 1.82) is 0 Å². The second-order valence-electron chi connectivity index (χ2n) is 6.74. The first-order chi connectivity index (χ1) is 9.95. The number of rotatable bonds is 5. The number of hydrogen-bond acceptors (Lipinski definition) is 3. The zero-order valence-corrected chi connectivity index (χ0v) is 13.9. The minimum Gasteiger partial charge on any atom is -0.388 e.